The molecule has 0 aliphatic rings. The van der Waals surface area contributed by atoms with Crippen molar-refractivity contribution in [3.63, 3.8) is 0 Å². The topological polar surface area (TPSA) is 24.9 Å². The van der Waals surface area contributed by atoms with Crippen LogP contribution in [0.5, 0.6) is 0 Å². The van der Waals surface area contributed by atoms with Gasteiger partial charge in [-0.25, -0.2) is 0 Å². The molecule has 2 aromatic rings. The van der Waals surface area contributed by atoms with Crippen LogP contribution < -0.4 is 5.32 Å². The molecule has 0 spiro atoms. The third-order valence-corrected chi connectivity index (χ3v) is 3.26. The molecule has 0 saturated heterocycles. The number of pyridine rings is 1. The zero-order chi connectivity index (χ0) is 13.1. The van der Waals surface area contributed by atoms with Gasteiger partial charge >= 0.3 is 0 Å². The summed E-state index contributed by atoms with van der Waals surface area (Å²) in [6, 6.07) is 10.9. The highest BCUT2D eigenvalue weighted by molar-refractivity contribution is 5.37. The van der Waals surface area contributed by atoms with Crippen LogP contribution in [0, 0.1) is 20.8 Å². The second-order valence-corrected chi connectivity index (χ2v) is 4.84. The number of hydrogen-bond acceptors (Lipinski definition) is 2. The van der Waals surface area contributed by atoms with Crippen LogP contribution in [0.4, 0.5) is 0 Å². The van der Waals surface area contributed by atoms with E-state index in [1.807, 2.05) is 19.3 Å². The summed E-state index contributed by atoms with van der Waals surface area (Å²) < 4.78 is 0. The molecular formula is C16H20N2. The van der Waals surface area contributed by atoms with E-state index in [4.69, 9.17) is 0 Å². The Labute approximate surface area is 109 Å². The zero-order valence-corrected chi connectivity index (χ0v) is 11.5. The minimum absolute atomic E-state index is 0.158. The molecule has 2 rings (SSSR count). The van der Waals surface area contributed by atoms with Gasteiger partial charge in [0.2, 0.25) is 0 Å². The fourth-order valence-electron chi connectivity index (χ4n) is 2.33. The lowest BCUT2D eigenvalue weighted by Crippen LogP contribution is -2.20. The van der Waals surface area contributed by atoms with Gasteiger partial charge in [-0.05, 0) is 56.6 Å². The van der Waals surface area contributed by atoms with Crippen molar-refractivity contribution in [3.05, 3.63) is 64.5 Å². The van der Waals surface area contributed by atoms with E-state index in [9.17, 15) is 0 Å². The predicted molar refractivity (Wildman–Crippen MR) is 75.8 cm³/mol. The van der Waals surface area contributed by atoms with Gasteiger partial charge in [-0.1, -0.05) is 23.8 Å². The highest BCUT2D eigenvalue weighted by Gasteiger charge is 2.15. The quantitative estimate of drug-likeness (QED) is 0.890. The normalized spacial score (nSPS) is 12.4. The first-order valence-corrected chi connectivity index (χ1v) is 6.29. The van der Waals surface area contributed by atoms with Crippen LogP contribution in [0.3, 0.4) is 0 Å². The SMILES string of the molecule is CNC(c1cc(C)ccn1)c1ccc(C)cc1C. The Balaban J connectivity index is 2.45. The van der Waals surface area contributed by atoms with E-state index in [1.54, 1.807) is 0 Å². The third-order valence-electron chi connectivity index (χ3n) is 3.26. The van der Waals surface area contributed by atoms with Crippen molar-refractivity contribution >= 4 is 0 Å². The monoisotopic (exact) mass is 240 g/mol. The van der Waals surface area contributed by atoms with Gasteiger partial charge in [0.25, 0.3) is 0 Å². The Hall–Kier alpha value is -1.67. The van der Waals surface area contributed by atoms with Crippen molar-refractivity contribution in [1.82, 2.24) is 10.3 Å². The molecule has 0 fully saturated rings. The fourth-order valence-corrected chi connectivity index (χ4v) is 2.33. The van der Waals surface area contributed by atoms with Crippen LogP contribution in [0.25, 0.3) is 0 Å². The average molecular weight is 240 g/mol. The molecule has 0 saturated carbocycles. The van der Waals surface area contributed by atoms with Crippen molar-refractivity contribution in [1.29, 1.82) is 0 Å². The molecule has 0 amide bonds. The molecular weight excluding hydrogens is 220 g/mol. The Morgan fingerprint density at radius 1 is 1.00 bits per heavy atom. The van der Waals surface area contributed by atoms with Gasteiger partial charge in [-0.15, -0.1) is 0 Å². The molecule has 0 bridgehead atoms. The summed E-state index contributed by atoms with van der Waals surface area (Å²) in [6.07, 6.45) is 1.87. The number of benzene rings is 1. The van der Waals surface area contributed by atoms with Gasteiger partial charge in [0.05, 0.1) is 11.7 Å². The second kappa shape index (κ2) is 5.32. The number of nitrogens with one attached hydrogen (secondary N) is 1. The lowest BCUT2D eigenvalue weighted by molar-refractivity contribution is 0.666. The van der Waals surface area contributed by atoms with Crippen LogP contribution >= 0.6 is 0 Å². The van der Waals surface area contributed by atoms with E-state index in [1.165, 1.54) is 22.3 Å². The summed E-state index contributed by atoms with van der Waals surface area (Å²) in [5.41, 5.74) is 6.21. The van der Waals surface area contributed by atoms with Gasteiger partial charge < -0.3 is 5.32 Å². The highest BCUT2D eigenvalue weighted by Crippen LogP contribution is 2.24. The standard InChI is InChI=1S/C16H20N2/c1-11-5-6-14(13(3)9-11)16(17-4)15-10-12(2)7-8-18-15/h5-10,16-17H,1-4H3. The Kier molecular flexibility index (Phi) is 3.78. The smallest absolute Gasteiger partial charge is 0.0751 e. The second-order valence-electron chi connectivity index (χ2n) is 4.84. The van der Waals surface area contributed by atoms with Crippen molar-refractivity contribution in [3.8, 4) is 0 Å². The molecule has 2 heteroatoms. The highest BCUT2D eigenvalue weighted by atomic mass is 14.9. The molecule has 2 nitrogen and oxygen atoms in total. The van der Waals surface area contributed by atoms with E-state index < -0.39 is 0 Å². The molecule has 0 aliphatic heterocycles. The molecule has 1 unspecified atom stereocenters. The molecule has 1 N–H and O–H groups in total. The largest absolute Gasteiger partial charge is 0.308 e. The first kappa shape index (κ1) is 12.8. The minimum atomic E-state index is 0.158. The number of aryl methyl sites for hydroxylation is 3. The van der Waals surface area contributed by atoms with E-state index in [0.29, 0.717) is 0 Å². The Morgan fingerprint density at radius 3 is 2.33 bits per heavy atom. The van der Waals surface area contributed by atoms with Crippen LogP contribution in [0.1, 0.15) is 34.0 Å². The number of hydrogen-bond donors (Lipinski definition) is 1. The maximum Gasteiger partial charge on any atom is 0.0751 e. The number of aromatic nitrogens is 1. The summed E-state index contributed by atoms with van der Waals surface area (Å²) in [4.78, 5) is 4.49. The lowest BCUT2D eigenvalue weighted by Gasteiger charge is -2.19. The zero-order valence-electron chi connectivity index (χ0n) is 11.5. The van der Waals surface area contributed by atoms with Gasteiger partial charge in [0.1, 0.15) is 0 Å². The summed E-state index contributed by atoms with van der Waals surface area (Å²) in [5.74, 6) is 0. The Morgan fingerprint density at radius 2 is 1.72 bits per heavy atom. The van der Waals surface area contributed by atoms with Crippen molar-refractivity contribution < 1.29 is 0 Å². The van der Waals surface area contributed by atoms with Gasteiger partial charge in [-0.2, -0.15) is 0 Å². The van der Waals surface area contributed by atoms with Crippen molar-refractivity contribution in [2.45, 2.75) is 26.8 Å². The van der Waals surface area contributed by atoms with E-state index in [0.717, 1.165) is 5.69 Å². The van der Waals surface area contributed by atoms with Gasteiger partial charge in [-0.3, -0.25) is 4.98 Å². The lowest BCUT2D eigenvalue weighted by atomic mass is 9.96. The summed E-state index contributed by atoms with van der Waals surface area (Å²) in [7, 11) is 1.98. The van der Waals surface area contributed by atoms with E-state index in [-0.39, 0.29) is 6.04 Å². The van der Waals surface area contributed by atoms with Crippen molar-refractivity contribution in [2.24, 2.45) is 0 Å². The van der Waals surface area contributed by atoms with Crippen LogP contribution in [-0.4, -0.2) is 12.0 Å². The number of nitrogens with zero attached hydrogens (tertiary/aromatic N) is 1. The first-order valence-electron chi connectivity index (χ1n) is 6.29. The van der Waals surface area contributed by atoms with Crippen molar-refractivity contribution in [2.75, 3.05) is 7.05 Å². The van der Waals surface area contributed by atoms with Gasteiger partial charge in [0.15, 0.2) is 0 Å². The van der Waals surface area contributed by atoms with Crippen LogP contribution in [-0.2, 0) is 0 Å². The maximum absolute atomic E-state index is 4.49. The molecule has 1 aromatic carbocycles. The summed E-state index contributed by atoms with van der Waals surface area (Å²) >= 11 is 0. The Bertz CT molecular complexity index is 547. The maximum atomic E-state index is 4.49. The van der Waals surface area contributed by atoms with Gasteiger partial charge in [0, 0.05) is 6.20 Å². The predicted octanol–water partition coefficient (Wildman–Crippen LogP) is 3.32. The van der Waals surface area contributed by atoms with Crippen LogP contribution in [0.15, 0.2) is 36.5 Å². The molecule has 18 heavy (non-hydrogen) atoms. The summed E-state index contributed by atoms with van der Waals surface area (Å²) in [6.45, 7) is 6.37. The fraction of sp³-hybridized carbons (Fsp3) is 0.312. The molecule has 1 aromatic heterocycles. The first-order chi connectivity index (χ1) is 8.61. The molecule has 94 valence electrons. The molecule has 1 atom stereocenters. The van der Waals surface area contributed by atoms with E-state index in [2.05, 4.69) is 55.3 Å². The molecule has 1 heterocycles. The molecule has 0 aliphatic carbocycles. The molecule has 0 radical (unpaired) electrons. The summed E-state index contributed by atoms with van der Waals surface area (Å²) in [5, 5.41) is 3.36. The van der Waals surface area contributed by atoms with Crippen LogP contribution in [0.2, 0.25) is 0 Å². The third kappa shape index (κ3) is 2.59. The number of rotatable bonds is 3. The average Bonchev–Trinajstić information content (AvgIpc) is 2.33. The van der Waals surface area contributed by atoms with E-state index >= 15 is 0 Å². The minimum Gasteiger partial charge on any atom is -0.308 e.